The zero-order valence-electron chi connectivity index (χ0n) is 11.4. The van der Waals surface area contributed by atoms with Crippen molar-refractivity contribution in [3.05, 3.63) is 42.4 Å². The van der Waals surface area contributed by atoms with Gasteiger partial charge in [-0.3, -0.25) is 9.52 Å². The summed E-state index contributed by atoms with van der Waals surface area (Å²) in [6.07, 6.45) is 2.44. The summed E-state index contributed by atoms with van der Waals surface area (Å²) in [5.74, 6) is 0.0517. The molecule has 0 spiro atoms. The number of hydrogen-bond acceptors (Lipinski definition) is 5. The molecule has 0 unspecified atom stereocenters. The van der Waals surface area contributed by atoms with Crippen molar-refractivity contribution in [3.8, 4) is 5.75 Å². The molecule has 8 heteroatoms. The molecule has 0 saturated heterocycles. The predicted octanol–water partition coefficient (Wildman–Crippen LogP) is 1.91. The van der Waals surface area contributed by atoms with Crippen LogP contribution in [0.25, 0.3) is 0 Å². The van der Waals surface area contributed by atoms with Crippen molar-refractivity contribution < 1.29 is 22.4 Å². The summed E-state index contributed by atoms with van der Waals surface area (Å²) in [6, 6.07) is 7.70. The fourth-order valence-electron chi connectivity index (χ4n) is 1.65. The lowest BCUT2D eigenvalue weighted by molar-refractivity contribution is 0.0996. The lowest BCUT2D eigenvalue weighted by atomic mass is 10.2. The average molecular weight is 310 g/mol. The number of hydrogen-bond donors (Lipinski definition) is 2. The first-order chi connectivity index (χ1) is 9.89. The Morgan fingerprint density at radius 3 is 2.62 bits per heavy atom. The number of carbonyl (C=O) groups is 1. The average Bonchev–Trinajstić information content (AvgIpc) is 2.93. The second kappa shape index (κ2) is 5.88. The van der Waals surface area contributed by atoms with E-state index in [2.05, 4.69) is 10.0 Å². The zero-order chi connectivity index (χ0) is 15.5. The van der Waals surface area contributed by atoms with Gasteiger partial charge >= 0.3 is 0 Å². The van der Waals surface area contributed by atoms with E-state index in [1.165, 1.54) is 31.6 Å². The molecule has 7 nitrogen and oxygen atoms in total. The minimum atomic E-state index is -3.41. The molecule has 1 aromatic heterocycles. The highest BCUT2D eigenvalue weighted by molar-refractivity contribution is 7.92. The smallest absolute Gasteiger partial charge is 0.291 e. The standard InChI is InChI=1S/C13H14N2O5S/c1-19-12-8-9(5-6-10(12)15-21(2,17)18)14-13(16)11-4-3-7-20-11/h3-8,15H,1-2H3,(H,14,16). The number of ether oxygens (including phenoxy) is 1. The third-order valence-corrected chi connectivity index (χ3v) is 3.09. The van der Waals surface area contributed by atoms with Gasteiger partial charge in [-0.25, -0.2) is 8.42 Å². The van der Waals surface area contributed by atoms with Gasteiger partial charge < -0.3 is 14.5 Å². The molecule has 2 aromatic rings. The highest BCUT2D eigenvalue weighted by Crippen LogP contribution is 2.28. The van der Waals surface area contributed by atoms with Gasteiger partial charge in [0.1, 0.15) is 5.75 Å². The summed E-state index contributed by atoms with van der Waals surface area (Å²) >= 11 is 0. The third-order valence-electron chi connectivity index (χ3n) is 2.50. The van der Waals surface area contributed by atoms with E-state index in [0.29, 0.717) is 5.69 Å². The van der Waals surface area contributed by atoms with Gasteiger partial charge in [0.2, 0.25) is 10.0 Å². The van der Waals surface area contributed by atoms with Gasteiger partial charge in [0.05, 0.1) is 25.3 Å². The summed E-state index contributed by atoms with van der Waals surface area (Å²) < 4.78 is 34.9. The van der Waals surface area contributed by atoms with Gasteiger partial charge in [-0.1, -0.05) is 0 Å². The number of rotatable bonds is 5. The summed E-state index contributed by atoms with van der Waals surface area (Å²) in [5, 5.41) is 2.62. The Morgan fingerprint density at radius 2 is 2.05 bits per heavy atom. The van der Waals surface area contributed by atoms with Crippen LogP contribution in [0.5, 0.6) is 5.75 Å². The third kappa shape index (κ3) is 3.99. The van der Waals surface area contributed by atoms with Gasteiger partial charge in [-0.05, 0) is 24.3 Å². The Balaban J connectivity index is 2.21. The fourth-order valence-corrected chi connectivity index (χ4v) is 2.22. The summed E-state index contributed by atoms with van der Waals surface area (Å²) in [7, 11) is -2.01. The summed E-state index contributed by atoms with van der Waals surface area (Å²) in [4.78, 5) is 11.8. The molecule has 0 bridgehead atoms. The molecular formula is C13H14N2O5S. The van der Waals surface area contributed by atoms with E-state index in [0.717, 1.165) is 6.26 Å². The Morgan fingerprint density at radius 1 is 1.29 bits per heavy atom. The number of anilines is 2. The molecule has 0 saturated carbocycles. The molecule has 112 valence electrons. The molecular weight excluding hydrogens is 296 g/mol. The highest BCUT2D eigenvalue weighted by atomic mass is 32.2. The van der Waals surface area contributed by atoms with E-state index in [4.69, 9.17) is 9.15 Å². The number of nitrogens with one attached hydrogen (secondary N) is 2. The quantitative estimate of drug-likeness (QED) is 0.879. The monoisotopic (exact) mass is 310 g/mol. The summed E-state index contributed by atoms with van der Waals surface area (Å²) in [6.45, 7) is 0. The Labute approximate surface area is 122 Å². The molecule has 0 aliphatic rings. The van der Waals surface area contributed by atoms with E-state index in [1.54, 1.807) is 12.1 Å². The fraction of sp³-hybridized carbons (Fsp3) is 0.154. The van der Waals surface area contributed by atoms with Gasteiger partial charge in [-0.2, -0.15) is 0 Å². The maximum Gasteiger partial charge on any atom is 0.291 e. The van der Waals surface area contributed by atoms with Crippen LogP contribution in [0.4, 0.5) is 11.4 Å². The molecule has 0 radical (unpaired) electrons. The van der Waals surface area contributed by atoms with E-state index in [1.807, 2.05) is 0 Å². The van der Waals surface area contributed by atoms with Crippen molar-refractivity contribution in [2.24, 2.45) is 0 Å². The minimum Gasteiger partial charge on any atom is -0.494 e. The topological polar surface area (TPSA) is 97.6 Å². The summed E-state index contributed by atoms with van der Waals surface area (Å²) in [5.41, 5.74) is 0.739. The van der Waals surface area contributed by atoms with Crippen molar-refractivity contribution in [1.82, 2.24) is 0 Å². The lowest BCUT2D eigenvalue weighted by Gasteiger charge is -2.11. The van der Waals surface area contributed by atoms with Crippen LogP contribution in [0, 0.1) is 0 Å². The van der Waals surface area contributed by atoms with Crippen molar-refractivity contribution in [3.63, 3.8) is 0 Å². The molecule has 0 aliphatic carbocycles. The maximum absolute atomic E-state index is 11.8. The van der Waals surface area contributed by atoms with Gasteiger partial charge in [0.25, 0.3) is 5.91 Å². The van der Waals surface area contributed by atoms with Crippen molar-refractivity contribution in [2.45, 2.75) is 0 Å². The second-order valence-corrected chi connectivity index (χ2v) is 5.97. The van der Waals surface area contributed by atoms with Gasteiger partial charge in [0, 0.05) is 11.8 Å². The lowest BCUT2D eigenvalue weighted by Crippen LogP contribution is -2.12. The van der Waals surface area contributed by atoms with E-state index in [9.17, 15) is 13.2 Å². The highest BCUT2D eigenvalue weighted by Gasteiger charge is 2.12. The maximum atomic E-state index is 11.8. The van der Waals surface area contributed by atoms with Crippen molar-refractivity contribution >= 4 is 27.3 Å². The predicted molar refractivity (Wildman–Crippen MR) is 78.1 cm³/mol. The number of benzene rings is 1. The van der Waals surface area contributed by atoms with Crippen molar-refractivity contribution in [1.29, 1.82) is 0 Å². The molecule has 0 aliphatic heterocycles. The molecule has 21 heavy (non-hydrogen) atoms. The van der Waals surface area contributed by atoms with Crippen LogP contribution in [-0.2, 0) is 10.0 Å². The van der Waals surface area contributed by atoms with E-state index in [-0.39, 0.29) is 17.2 Å². The SMILES string of the molecule is COc1cc(NC(=O)c2ccco2)ccc1NS(C)(=O)=O. The Kier molecular flexibility index (Phi) is 4.18. The molecule has 1 aromatic carbocycles. The zero-order valence-corrected chi connectivity index (χ0v) is 12.2. The van der Waals surface area contributed by atoms with Crippen LogP contribution in [0.1, 0.15) is 10.6 Å². The normalized spacial score (nSPS) is 11.0. The Hall–Kier alpha value is -2.48. The first kappa shape index (κ1) is 14.9. The van der Waals surface area contributed by atoms with Crippen LogP contribution in [0.3, 0.4) is 0 Å². The van der Waals surface area contributed by atoms with Crippen LogP contribution < -0.4 is 14.8 Å². The molecule has 0 fully saturated rings. The van der Waals surface area contributed by atoms with Crippen LogP contribution in [-0.4, -0.2) is 27.7 Å². The molecule has 1 heterocycles. The molecule has 1 amide bonds. The van der Waals surface area contributed by atoms with E-state index >= 15 is 0 Å². The van der Waals surface area contributed by atoms with Crippen LogP contribution in [0.2, 0.25) is 0 Å². The van der Waals surface area contributed by atoms with Crippen LogP contribution in [0.15, 0.2) is 41.0 Å². The number of amides is 1. The van der Waals surface area contributed by atoms with Gasteiger partial charge in [-0.15, -0.1) is 0 Å². The number of methoxy groups -OCH3 is 1. The molecule has 0 atom stereocenters. The van der Waals surface area contributed by atoms with Crippen molar-refractivity contribution in [2.75, 3.05) is 23.4 Å². The van der Waals surface area contributed by atoms with Gasteiger partial charge in [0.15, 0.2) is 5.76 Å². The molecule has 2 rings (SSSR count). The second-order valence-electron chi connectivity index (χ2n) is 4.22. The first-order valence-corrected chi connectivity index (χ1v) is 7.79. The van der Waals surface area contributed by atoms with Crippen LogP contribution >= 0.6 is 0 Å². The minimum absolute atomic E-state index is 0.173. The number of carbonyl (C=O) groups excluding carboxylic acids is 1. The molecule has 2 N–H and O–H groups in total. The number of furan rings is 1. The van der Waals surface area contributed by atoms with E-state index < -0.39 is 15.9 Å². The number of sulfonamides is 1. The first-order valence-electron chi connectivity index (χ1n) is 5.90. The largest absolute Gasteiger partial charge is 0.494 e. The Bertz CT molecular complexity index is 738.